The normalized spacial score (nSPS) is 12.5. The van der Waals surface area contributed by atoms with E-state index in [0.717, 1.165) is 0 Å². The number of rotatable bonds is 11. The highest BCUT2D eigenvalue weighted by Crippen LogP contribution is 2.35. The first-order valence-electron chi connectivity index (χ1n) is 10.8. The zero-order valence-electron chi connectivity index (χ0n) is 19.5. The van der Waals surface area contributed by atoms with Gasteiger partial charge in [0.25, 0.3) is 10.0 Å². The number of benzene rings is 2. The molecule has 0 amide bonds. The number of H-pyrrole nitrogens is 1. The van der Waals surface area contributed by atoms with Gasteiger partial charge in [0.2, 0.25) is 0 Å². The Morgan fingerprint density at radius 3 is 2.49 bits per heavy atom. The van der Waals surface area contributed by atoms with Gasteiger partial charge in [-0.3, -0.25) is 9.82 Å². The maximum atomic E-state index is 13.4. The molecule has 4 rings (SSSR count). The Morgan fingerprint density at radius 2 is 1.84 bits per heavy atom. The summed E-state index contributed by atoms with van der Waals surface area (Å²) in [7, 11) is -3.57. The van der Waals surface area contributed by atoms with Crippen LogP contribution in [0.2, 0.25) is 0 Å². The van der Waals surface area contributed by atoms with Crippen molar-refractivity contribution in [2.45, 2.75) is 18.8 Å². The van der Waals surface area contributed by atoms with E-state index in [9.17, 15) is 21.6 Å². The number of aromatic nitrogens is 3. The molecule has 2 aromatic heterocycles. The van der Waals surface area contributed by atoms with Crippen LogP contribution in [0.1, 0.15) is 17.4 Å². The largest absolute Gasteiger partial charge is 0.481 e. The second-order valence-corrected chi connectivity index (χ2v) is 9.50. The van der Waals surface area contributed by atoms with Gasteiger partial charge in [-0.05, 0) is 36.8 Å². The van der Waals surface area contributed by atoms with Gasteiger partial charge in [0.1, 0.15) is 23.4 Å². The highest BCUT2D eigenvalue weighted by atomic mass is 32.2. The fraction of sp³-hybridized carbons (Fsp3) is 0.217. The fourth-order valence-corrected chi connectivity index (χ4v) is 3.90. The van der Waals surface area contributed by atoms with E-state index < -0.39 is 27.7 Å². The number of hydrogen-bond acceptors (Lipinski definition) is 8. The molecule has 0 saturated carbocycles. The molecular formula is C23H22F3N5O5S. The summed E-state index contributed by atoms with van der Waals surface area (Å²) in [6, 6.07) is 13.0. The fourth-order valence-electron chi connectivity index (χ4n) is 3.34. The molecule has 0 bridgehead atoms. The monoisotopic (exact) mass is 537 g/mol. The van der Waals surface area contributed by atoms with Crippen LogP contribution in [0.3, 0.4) is 0 Å². The van der Waals surface area contributed by atoms with Crippen molar-refractivity contribution >= 4 is 27.3 Å². The molecule has 14 heteroatoms. The summed E-state index contributed by atoms with van der Waals surface area (Å²) in [6.07, 6.45) is -0.815. The van der Waals surface area contributed by atoms with E-state index in [-0.39, 0.29) is 18.0 Å². The maximum absolute atomic E-state index is 13.4. The lowest BCUT2D eigenvalue weighted by molar-refractivity contribution is 0.0815. The summed E-state index contributed by atoms with van der Waals surface area (Å²) in [4.78, 5) is 0. The third-order valence-electron chi connectivity index (χ3n) is 5.07. The van der Waals surface area contributed by atoms with Crippen molar-refractivity contribution in [3.8, 4) is 17.0 Å². The molecular weight excluding hydrogens is 515 g/mol. The van der Waals surface area contributed by atoms with E-state index in [2.05, 4.69) is 20.7 Å². The van der Waals surface area contributed by atoms with Crippen molar-refractivity contribution in [1.82, 2.24) is 15.4 Å². The summed E-state index contributed by atoms with van der Waals surface area (Å²) in [5.74, 6) is -2.72. The number of halogens is 3. The van der Waals surface area contributed by atoms with Crippen LogP contribution in [0, 0.1) is 12.7 Å². The van der Waals surface area contributed by atoms with E-state index in [1.807, 2.05) is 4.72 Å². The number of sulfonamides is 1. The molecule has 3 N–H and O–H groups in total. The molecule has 2 aromatic carbocycles. The van der Waals surface area contributed by atoms with Crippen LogP contribution in [-0.2, 0) is 14.8 Å². The van der Waals surface area contributed by atoms with Crippen LogP contribution < -0.4 is 14.8 Å². The highest BCUT2D eigenvalue weighted by molar-refractivity contribution is 7.93. The van der Waals surface area contributed by atoms with Gasteiger partial charge in [-0.1, -0.05) is 23.4 Å². The van der Waals surface area contributed by atoms with E-state index in [0.29, 0.717) is 34.2 Å². The molecule has 0 fully saturated rings. The SMILES string of the molecule is COC[C@@H](Oc1cc(-c2cc(Nc3cc(C)on3)n[nH]2)ccc1NS(=O)(=O)C(F)F)c1ccc(F)cc1. The predicted molar refractivity (Wildman–Crippen MR) is 129 cm³/mol. The molecule has 10 nitrogen and oxygen atoms in total. The first kappa shape index (κ1) is 26.0. The van der Waals surface area contributed by atoms with Crippen LogP contribution in [-0.4, -0.2) is 43.2 Å². The van der Waals surface area contributed by atoms with Gasteiger partial charge < -0.3 is 19.3 Å². The second kappa shape index (κ2) is 10.9. The Labute approximate surface area is 209 Å². The first-order chi connectivity index (χ1) is 17.6. The molecule has 0 aliphatic rings. The van der Waals surface area contributed by atoms with E-state index >= 15 is 0 Å². The second-order valence-electron chi connectivity index (χ2n) is 7.85. The zero-order chi connectivity index (χ0) is 26.6. The Morgan fingerprint density at radius 1 is 1.08 bits per heavy atom. The molecule has 0 unspecified atom stereocenters. The third-order valence-corrected chi connectivity index (χ3v) is 6.04. The predicted octanol–water partition coefficient (Wildman–Crippen LogP) is 4.99. The minimum Gasteiger partial charge on any atom is -0.481 e. The number of alkyl halides is 2. The average Bonchev–Trinajstić information content (AvgIpc) is 3.49. The highest BCUT2D eigenvalue weighted by Gasteiger charge is 2.26. The van der Waals surface area contributed by atoms with Gasteiger partial charge in [0, 0.05) is 24.8 Å². The summed E-state index contributed by atoms with van der Waals surface area (Å²) in [5, 5.41) is 13.8. The van der Waals surface area contributed by atoms with Crippen LogP contribution in [0.4, 0.5) is 30.5 Å². The Bertz CT molecular complexity index is 1460. The number of aromatic amines is 1. The quantitative estimate of drug-likeness (QED) is 0.244. The van der Waals surface area contributed by atoms with Crippen LogP contribution >= 0.6 is 0 Å². The average molecular weight is 538 g/mol. The van der Waals surface area contributed by atoms with Crippen molar-refractivity contribution < 1.29 is 35.6 Å². The van der Waals surface area contributed by atoms with E-state index in [1.54, 1.807) is 19.1 Å². The number of aryl methyl sites for hydroxylation is 1. The summed E-state index contributed by atoms with van der Waals surface area (Å²) in [6.45, 7) is 1.74. The topological polar surface area (TPSA) is 131 Å². The first-order valence-corrected chi connectivity index (χ1v) is 12.3. The number of methoxy groups -OCH3 is 1. The summed E-state index contributed by atoms with van der Waals surface area (Å²) < 4.78 is 81.4. The maximum Gasteiger partial charge on any atom is 0.355 e. The van der Waals surface area contributed by atoms with Crippen LogP contribution in [0.15, 0.2) is 59.1 Å². The lowest BCUT2D eigenvalue weighted by Crippen LogP contribution is -2.21. The molecule has 4 aromatic rings. The van der Waals surface area contributed by atoms with Gasteiger partial charge in [0.15, 0.2) is 11.6 Å². The Hall–Kier alpha value is -4.04. The summed E-state index contributed by atoms with van der Waals surface area (Å²) >= 11 is 0. The van der Waals surface area contributed by atoms with Crippen molar-refractivity contribution in [1.29, 1.82) is 0 Å². The van der Waals surface area contributed by atoms with Gasteiger partial charge in [-0.25, -0.2) is 12.8 Å². The van der Waals surface area contributed by atoms with E-state index in [1.165, 1.54) is 49.6 Å². The lowest BCUT2D eigenvalue weighted by Gasteiger charge is -2.22. The van der Waals surface area contributed by atoms with Crippen molar-refractivity contribution in [3.63, 3.8) is 0 Å². The molecule has 0 aliphatic carbocycles. The van der Waals surface area contributed by atoms with Gasteiger partial charge in [-0.15, -0.1) is 0 Å². The number of anilines is 3. The van der Waals surface area contributed by atoms with Crippen LogP contribution in [0.5, 0.6) is 5.75 Å². The number of nitrogens with one attached hydrogen (secondary N) is 3. The third kappa shape index (κ3) is 6.40. The molecule has 0 radical (unpaired) electrons. The number of ether oxygens (including phenoxy) is 2. The number of hydrogen-bond donors (Lipinski definition) is 3. The Kier molecular flexibility index (Phi) is 7.69. The van der Waals surface area contributed by atoms with Gasteiger partial charge >= 0.3 is 5.76 Å². The lowest BCUT2D eigenvalue weighted by atomic mass is 10.1. The number of nitrogens with zero attached hydrogens (tertiary/aromatic N) is 2. The van der Waals surface area contributed by atoms with Crippen molar-refractivity contribution in [2.75, 3.05) is 23.8 Å². The van der Waals surface area contributed by atoms with E-state index in [4.69, 9.17) is 14.0 Å². The van der Waals surface area contributed by atoms with Crippen molar-refractivity contribution in [2.24, 2.45) is 0 Å². The minimum atomic E-state index is -4.99. The molecule has 37 heavy (non-hydrogen) atoms. The van der Waals surface area contributed by atoms with Crippen LogP contribution in [0.25, 0.3) is 11.3 Å². The molecule has 1 atom stereocenters. The van der Waals surface area contributed by atoms with Gasteiger partial charge in [-0.2, -0.15) is 13.9 Å². The molecule has 196 valence electrons. The zero-order valence-corrected chi connectivity index (χ0v) is 20.4. The molecule has 0 spiro atoms. The standard InChI is InChI=1S/C23H22F3N5O5S/c1-13-9-22(30-36-13)27-21-11-18(28-29-21)15-5-8-17(31-37(32,33)23(25)26)19(10-15)35-20(12-34-2)14-3-6-16(24)7-4-14/h3-11,20,23,31H,12H2,1-2H3,(H2,27,28,29,30)/t20-/m1/s1. The summed E-state index contributed by atoms with van der Waals surface area (Å²) in [5.41, 5.74) is 1.30. The molecule has 0 saturated heterocycles. The van der Waals surface area contributed by atoms with Gasteiger partial charge in [0.05, 0.1) is 18.0 Å². The Balaban J connectivity index is 1.68. The molecule has 2 heterocycles. The molecule has 0 aliphatic heterocycles. The smallest absolute Gasteiger partial charge is 0.355 e. The minimum absolute atomic E-state index is 0.00609. The van der Waals surface area contributed by atoms with Crippen molar-refractivity contribution in [3.05, 3.63) is 71.7 Å².